The fourth-order valence-corrected chi connectivity index (χ4v) is 1.58. The number of carbonyl (C=O) groups excluding carboxylic acids is 1. The molecule has 3 nitrogen and oxygen atoms in total. The lowest BCUT2D eigenvalue weighted by Gasteiger charge is -2.02. The molecule has 1 N–H and O–H groups in total. The lowest BCUT2D eigenvalue weighted by molar-refractivity contribution is -0.117. The molecule has 2 atom stereocenters. The fourth-order valence-electron chi connectivity index (χ4n) is 1.58. The molecule has 1 saturated heterocycles. The molecule has 1 aliphatic heterocycles. The number of para-hydroxylation sites is 1. The second-order valence-corrected chi connectivity index (χ2v) is 4.12. The third-order valence-electron chi connectivity index (χ3n) is 2.48. The first kappa shape index (κ1) is 10.2. The number of benzene rings is 1. The molecule has 0 aliphatic carbocycles. The van der Waals surface area contributed by atoms with Crippen LogP contribution < -0.4 is 5.32 Å². The highest BCUT2D eigenvalue weighted by Crippen LogP contribution is 2.29. The first-order valence-electron chi connectivity index (χ1n) is 5.20. The highest BCUT2D eigenvalue weighted by atomic mass is 16.6. The number of ether oxygens (including phenoxy) is 1. The Morgan fingerprint density at radius 1 is 1.33 bits per heavy atom. The minimum Gasteiger partial charge on any atom is -0.359 e. The van der Waals surface area contributed by atoms with Gasteiger partial charge in [0, 0.05) is 5.69 Å². The van der Waals surface area contributed by atoms with E-state index in [4.69, 9.17) is 4.74 Å². The van der Waals surface area contributed by atoms with Gasteiger partial charge in [0.2, 0.25) is 0 Å². The van der Waals surface area contributed by atoms with Crippen LogP contribution in [0.3, 0.4) is 0 Å². The van der Waals surface area contributed by atoms with Gasteiger partial charge in [-0.2, -0.15) is 0 Å². The van der Waals surface area contributed by atoms with Crippen LogP contribution in [-0.4, -0.2) is 18.1 Å². The molecule has 3 heteroatoms. The van der Waals surface area contributed by atoms with E-state index in [9.17, 15) is 4.79 Å². The standard InChI is InChI=1S/C12H15NO2/c1-8(2)10-11(15-10)12(14)13-9-6-4-3-5-7-9/h3-8,10-11H,1-2H3,(H,13,14)/t10-,11-/m1/s1. The van der Waals surface area contributed by atoms with Crippen molar-refractivity contribution in [3.05, 3.63) is 30.3 Å². The molecule has 1 fully saturated rings. The van der Waals surface area contributed by atoms with Crippen molar-refractivity contribution < 1.29 is 9.53 Å². The van der Waals surface area contributed by atoms with E-state index >= 15 is 0 Å². The third kappa shape index (κ3) is 2.36. The summed E-state index contributed by atoms with van der Waals surface area (Å²) in [6, 6.07) is 9.43. The smallest absolute Gasteiger partial charge is 0.256 e. The Morgan fingerprint density at radius 2 is 2.00 bits per heavy atom. The summed E-state index contributed by atoms with van der Waals surface area (Å²) in [7, 11) is 0. The maximum atomic E-state index is 11.7. The summed E-state index contributed by atoms with van der Waals surface area (Å²) in [6.45, 7) is 4.11. The van der Waals surface area contributed by atoms with Gasteiger partial charge in [-0.25, -0.2) is 0 Å². The summed E-state index contributed by atoms with van der Waals surface area (Å²) in [6.07, 6.45) is -0.168. The van der Waals surface area contributed by atoms with Crippen molar-refractivity contribution in [2.24, 2.45) is 5.92 Å². The van der Waals surface area contributed by atoms with Gasteiger partial charge in [-0.05, 0) is 18.1 Å². The fraction of sp³-hybridized carbons (Fsp3) is 0.417. The van der Waals surface area contributed by atoms with Crippen molar-refractivity contribution in [1.29, 1.82) is 0 Å². The maximum Gasteiger partial charge on any atom is 0.256 e. The molecule has 0 bridgehead atoms. The summed E-state index contributed by atoms with van der Waals surface area (Å²) < 4.78 is 5.30. The van der Waals surface area contributed by atoms with E-state index in [-0.39, 0.29) is 18.1 Å². The van der Waals surface area contributed by atoms with Crippen molar-refractivity contribution in [3.8, 4) is 0 Å². The van der Waals surface area contributed by atoms with Crippen LogP contribution in [0.25, 0.3) is 0 Å². The maximum absolute atomic E-state index is 11.7. The van der Waals surface area contributed by atoms with Gasteiger partial charge in [0.25, 0.3) is 5.91 Å². The van der Waals surface area contributed by atoms with Gasteiger partial charge in [0.15, 0.2) is 6.10 Å². The van der Waals surface area contributed by atoms with E-state index in [1.165, 1.54) is 0 Å². The van der Waals surface area contributed by atoms with E-state index in [0.717, 1.165) is 5.69 Å². The molecule has 80 valence electrons. The second-order valence-electron chi connectivity index (χ2n) is 4.12. The topological polar surface area (TPSA) is 41.6 Å². The number of amides is 1. The molecule has 1 aromatic rings. The van der Waals surface area contributed by atoms with Gasteiger partial charge in [-0.15, -0.1) is 0 Å². The number of epoxide rings is 1. The molecule has 1 amide bonds. The Balaban J connectivity index is 1.90. The van der Waals surface area contributed by atoms with Gasteiger partial charge >= 0.3 is 0 Å². The number of carbonyl (C=O) groups is 1. The van der Waals surface area contributed by atoms with E-state index in [0.29, 0.717) is 5.92 Å². The zero-order valence-electron chi connectivity index (χ0n) is 8.94. The first-order chi connectivity index (χ1) is 7.18. The Kier molecular flexibility index (Phi) is 2.73. The number of hydrogen-bond donors (Lipinski definition) is 1. The number of nitrogens with one attached hydrogen (secondary N) is 1. The molecule has 1 aromatic carbocycles. The minimum absolute atomic E-state index is 0.0418. The summed E-state index contributed by atoms with van der Waals surface area (Å²) in [4.78, 5) is 11.7. The quantitative estimate of drug-likeness (QED) is 0.767. The Labute approximate surface area is 89.4 Å². The molecular weight excluding hydrogens is 190 g/mol. The third-order valence-corrected chi connectivity index (χ3v) is 2.48. The average Bonchev–Trinajstić information content (AvgIpc) is 2.98. The van der Waals surface area contributed by atoms with E-state index in [1.807, 2.05) is 30.3 Å². The molecule has 15 heavy (non-hydrogen) atoms. The van der Waals surface area contributed by atoms with E-state index < -0.39 is 0 Å². The van der Waals surface area contributed by atoms with Gasteiger partial charge < -0.3 is 10.1 Å². The summed E-state index contributed by atoms with van der Waals surface area (Å²) in [5.74, 6) is 0.358. The van der Waals surface area contributed by atoms with Gasteiger partial charge in [-0.1, -0.05) is 32.0 Å². The van der Waals surface area contributed by atoms with Crippen molar-refractivity contribution >= 4 is 11.6 Å². The van der Waals surface area contributed by atoms with Crippen LogP contribution in [0.15, 0.2) is 30.3 Å². The molecular formula is C12H15NO2. The largest absolute Gasteiger partial charge is 0.359 e. The number of rotatable bonds is 3. The van der Waals surface area contributed by atoms with Crippen LogP contribution >= 0.6 is 0 Å². The molecule has 0 spiro atoms. The summed E-state index contributed by atoms with van der Waals surface area (Å²) in [5, 5.41) is 2.82. The van der Waals surface area contributed by atoms with Gasteiger partial charge in [-0.3, -0.25) is 4.79 Å². The van der Waals surface area contributed by atoms with E-state index in [1.54, 1.807) is 0 Å². The highest BCUT2D eigenvalue weighted by Gasteiger charge is 2.46. The van der Waals surface area contributed by atoms with Crippen molar-refractivity contribution in [2.75, 3.05) is 5.32 Å². The highest BCUT2D eigenvalue weighted by molar-refractivity contribution is 5.96. The number of hydrogen-bond acceptors (Lipinski definition) is 2. The predicted octanol–water partition coefficient (Wildman–Crippen LogP) is 2.05. The molecule has 0 radical (unpaired) electrons. The SMILES string of the molecule is CC(C)[C@H]1O[C@H]1C(=O)Nc1ccccc1. The molecule has 0 saturated carbocycles. The Hall–Kier alpha value is -1.35. The average molecular weight is 205 g/mol. The molecule has 1 heterocycles. The lowest BCUT2D eigenvalue weighted by Crippen LogP contribution is -2.21. The molecule has 0 unspecified atom stereocenters. The first-order valence-corrected chi connectivity index (χ1v) is 5.20. The Morgan fingerprint density at radius 3 is 2.53 bits per heavy atom. The van der Waals surface area contributed by atoms with Crippen LogP contribution in [0, 0.1) is 5.92 Å². The van der Waals surface area contributed by atoms with Crippen LogP contribution in [0.5, 0.6) is 0 Å². The lowest BCUT2D eigenvalue weighted by atomic mass is 10.1. The van der Waals surface area contributed by atoms with E-state index in [2.05, 4.69) is 19.2 Å². The number of anilines is 1. The summed E-state index contributed by atoms with van der Waals surface area (Å²) >= 11 is 0. The zero-order valence-corrected chi connectivity index (χ0v) is 8.94. The predicted molar refractivity (Wildman–Crippen MR) is 58.6 cm³/mol. The zero-order chi connectivity index (χ0) is 10.8. The molecule has 0 aromatic heterocycles. The van der Waals surface area contributed by atoms with Crippen LogP contribution in [0.2, 0.25) is 0 Å². The van der Waals surface area contributed by atoms with Gasteiger partial charge in [0.05, 0.1) is 6.10 Å². The van der Waals surface area contributed by atoms with Crippen molar-refractivity contribution in [2.45, 2.75) is 26.1 Å². The van der Waals surface area contributed by atoms with Gasteiger partial charge in [0.1, 0.15) is 0 Å². The Bertz CT molecular complexity index is 348. The van der Waals surface area contributed by atoms with Crippen molar-refractivity contribution in [1.82, 2.24) is 0 Å². The van der Waals surface area contributed by atoms with Crippen LogP contribution in [0.4, 0.5) is 5.69 Å². The normalized spacial score (nSPS) is 23.9. The van der Waals surface area contributed by atoms with Crippen molar-refractivity contribution in [3.63, 3.8) is 0 Å². The van der Waals surface area contributed by atoms with Crippen LogP contribution in [-0.2, 0) is 9.53 Å². The monoisotopic (exact) mass is 205 g/mol. The summed E-state index contributed by atoms with van der Waals surface area (Å²) in [5.41, 5.74) is 0.820. The minimum atomic E-state index is -0.259. The molecule has 1 aliphatic rings. The van der Waals surface area contributed by atoms with Crippen LogP contribution in [0.1, 0.15) is 13.8 Å². The molecule has 2 rings (SSSR count). The second kappa shape index (κ2) is 4.03.